The number of aryl methyl sites for hydroxylation is 2. The Bertz CT molecular complexity index is 770. The molecule has 0 heterocycles. The van der Waals surface area contributed by atoms with E-state index in [4.69, 9.17) is 17.0 Å². The van der Waals surface area contributed by atoms with Gasteiger partial charge in [0.2, 0.25) is 0 Å². The van der Waals surface area contributed by atoms with E-state index < -0.39 is 0 Å². The lowest BCUT2D eigenvalue weighted by molar-refractivity contribution is 0.363. The standard InChI is InChI=1S/C22H28N2OS/c1-6-12-25-19-9-7-8-18(14-19)23-22(26)24-21(15(2)3)20-11-10-16(4)13-17(20)5/h6-11,13-15,21H,1,12H2,2-5H3,(H2,23,24,26)/t21-/m0/s1. The van der Waals surface area contributed by atoms with E-state index in [1.807, 2.05) is 24.3 Å². The molecule has 2 aromatic rings. The summed E-state index contributed by atoms with van der Waals surface area (Å²) in [5.74, 6) is 1.19. The van der Waals surface area contributed by atoms with Crippen molar-refractivity contribution in [2.75, 3.05) is 11.9 Å². The summed E-state index contributed by atoms with van der Waals surface area (Å²) in [5.41, 5.74) is 4.72. The lowest BCUT2D eigenvalue weighted by Gasteiger charge is -2.26. The average Bonchev–Trinajstić information content (AvgIpc) is 2.58. The van der Waals surface area contributed by atoms with Gasteiger partial charge in [-0.1, -0.05) is 56.3 Å². The third-order valence-electron chi connectivity index (χ3n) is 4.17. The fourth-order valence-corrected chi connectivity index (χ4v) is 3.15. The van der Waals surface area contributed by atoms with Gasteiger partial charge in [-0.25, -0.2) is 0 Å². The van der Waals surface area contributed by atoms with Crippen LogP contribution in [0.15, 0.2) is 55.1 Å². The fraction of sp³-hybridized carbons (Fsp3) is 0.318. The summed E-state index contributed by atoms with van der Waals surface area (Å²) < 4.78 is 5.57. The summed E-state index contributed by atoms with van der Waals surface area (Å²) in [5, 5.41) is 7.33. The number of rotatable bonds is 7. The molecule has 0 saturated carbocycles. The van der Waals surface area contributed by atoms with Crippen molar-refractivity contribution in [2.24, 2.45) is 5.92 Å². The van der Waals surface area contributed by atoms with Crippen LogP contribution in [0.4, 0.5) is 5.69 Å². The normalized spacial score (nSPS) is 11.7. The Morgan fingerprint density at radius 3 is 2.62 bits per heavy atom. The Hall–Kier alpha value is -2.33. The predicted octanol–water partition coefficient (Wildman–Crippen LogP) is 5.55. The fourth-order valence-electron chi connectivity index (χ4n) is 2.91. The molecule has 0 spiro atoms. The summed E-state index contributed by atoms with van der Waals surface area (Å²) in [4.78, 5) is 0. The minimum absolute atomic E-state index is 0.149. The Morgan fingerprint density at radius 1 is 1.19 bits per heavy atom. The predicted molar refractivity (Wildman–Crippen MR) is 115 cm³/mol. The van der Waals surface area contributed by atoms with Crippen molar-refractivity contribution in [3.63, 3.8) is 0 Å². The van der Waals surface area contributed by atoms with Gasteiger partial charge >= 0.3 is 0 Å². The molecule has 138 valence electrons. The molecule has 1 atom stereocenters. The van der Waals surface area contributed by atoms with E-state index in [0.29, 0.717) is 17.6 Å². The van der Waals surface area contributed by atoms with Gasteiger partial charge in [-0.15, -0.1) is 0 Å². The van der Waals surface area contributed by atoms with E-state index in [0.717, 1.165) is 11.4 Å². The number of nitrogens with one attached hydrogen (secondary N) is 2. The number of anilines is 1. The van der Waals surface area contributed by atoms with Crippen LogP contribution in [0.5, 0.6) is 5.75 Å². The van der Waals surface area contributed by atoms with Gasteiger partial charge in [-0.2, -0.15) is 0 Å². The third-order valence-corrected chi connectivity index (χ3v) is 4.39. The molecule has 0 amide bonds. The van der Waals surface area contributed by atoms with E-state index in [-0.39, 0.29) is 6.04 Å². The molecule has 3 nitrogen and oxygen atoms in total. The number of hydrogen-bond acceptors (Lipinski definition) is 2. The third kappa shape index (κ3) is 5.60. The second-order valence-corrected chi connectivity index (χ2v) is 7.22. The highest BCUT2D eigenvalue weighted by atomic mass is 32.1. The molecular weight excluding hydrogens is 340 g/mol. The average molecular weight is 369 g/mol. The molecule has 4 heteroatoms. The van der Waals surface area contributed by atoms with Gasteiger partial charge in [0.1, 0.15) is 12.4 Å². The van der Waals surface area contributed by atoms with Crippen molar-refractivity contribution in [1.82, 2.24) is 5.32 Å². The summed E-state index contributed by atoms with van der Waals surface area (Å²) in [7, 11) is 0. The smallest absolute Gasteiger partial charge is 0.171 e. The number of hydrogen-bond donors (Lipinski definition) is 2. The van der Waals surface area contributed by atoms with Crippen molar-refractivity contribution < 1.29 is 4.74 Å². The van der Waals surface area contributed by atoms with Crippen molar-refractivity contribution in [3.05, 3.63) is 71.8 Å². The Morgan fingerprint density at radius 2 is 1.96 bits per heavy atom. The van der Waals surface area contributed by atoms with Crippen molar-refractivity contribution in [1.29, 1.82) is 0 Å². The molecule has 0 aromatic heterocycles. The number of ether oxygens (including phenoxy) is 1. The molecular formula is C22H28N2OS. The Labute approximate surface area is 162 Å². The molecule has 0 bridgehead atoms. The largest absolute Gasteiger partial charge is 0.489 e. The summed E-state index contributed by atoms with van der Waals surface area (Å²) >= 11 is 5.55. The zero-order chi connectivity index (χ0) is 19.1. The van der Waals surface area contributed by atoms with Gasteiger partial charge in [0.15, 0.2) is 5.11 Å². The molecule has 0 fully saturated rings. The highest BCUT2D eigenvalue weighted by Gasteiger charge is 2.18. The van der Waals surface area contributed by atoms with Gasteiger partial charge in [-0.3, -0.25) is 0 Å². The van der Waals surface area contributed by atoms with Gasteiger partial charge in [0, 0.05) is 11.8 Å². The zero-order valence-electron chi connectivity index (χ0n) is 16.0. The van der Waals surface area contributed by atoms with Crippen LogP contribution in [0.2, 0.25) is 0 Å². The van der Waals surface area contributed by atoms with Gasteiger partial charge in [0.25, 0.3) is 0 Å². The highest BCUT2D eigenvalue weighted by molar-refractivity contribution is 7.80. The van der Waals surface area contributed by atoms with Crippen molar-refractivity contribution in [2.45, 2.75) is 33.7 Å². The maximum absolute atomic E-state index is 5.57. The monoisotopic (exact) mass is 368 g/mol. The first-order chi connectivity index (χ1) is 12.4. The minimum Gasteiger partial charge on any atom is -0.489 e. The summed E-state index contributed by atoms with van der Waals surface area (Å²) in [6.45, 7) is 12.8. The lowest BCUT2D eigenvalue weighted by atomic mass is 9.92. The zero-order valence-corrected chi connectivity index (χ0v) is 16.8. The quantitative estimate of drug-likeness (QED) is 0.496. The SMILES string of the molecule is C=CCOc1cccc(NC(=S)N[C@H](c2ccc(C)cc2C)C(C)C)c1. The second-order valence-electron chi connectivity index (χ2n) is 6.81. The maximum Gasteiger partial charge on any atom is 0.171 e. The molecule has 0 aliphatic heterocycles. The second kappa shape index (κ2) is 9.39. The molecule has 0 aliphatic rings. The highest BCUT2D eigenvalue weighted by Crippen LogP contribution is 2.26. The summed E-state index contributed by atoms with van der Waals surface area (Å²) in [6.07, 6.45) is 1.73. The van der Waals surface area contributed by atoms with Crippen LogP contribution in [0.3, 0.4) is 0 Å². The van der Waals surface area contributed by atoms with E-state index in [9.17, 15) is 0 Å². The lowest BCUT2D eigenvalue weighted by Crippen LogP contribution is -2.35. The van der Waals surface area contributed by atoms with Gasteiger partial charge < -0.3 is 15.4 Å². The number of thiocarbonyl (C=S) groups is 1. The van der Waals surface area contributed by atoms with Crippen LogP contribution in [-0.2, 0) is 0 Å². The summed E-state index contributed by atoms with van der Waals surface area (Å²) in [6, 6.07) is 14.4. The maximum atomic E-state index is 5.57. The molecule has 0 aliphatic carbocycles. The van der Waals surface area contributed by atoms with Crippen LogP contribution in [0.1, 0.15) is 36.6 Å². The Kier molecular flexibility index (Phi) is 7.22. The molecule has 2 aromatic carbocycles. The van der Waals surface area contributed by atoms with Crippen LogP contribution < -0.4 is 15.4 Å². The number of benzene rings is 2. The minimum atomic E-state index is 0.149. The molecule has 2 N–H and O–H groups in total. The Balaban J connectivity index is 2.09. The van der Waals surface area contributed by atoms with Crippen molar-refractivity contribution >= 4 is 23.0 Å². The van der Waals surface area contributed by atoms with E-state index >= 15 is 0 Å². The van der Waals surface area contributed by atoms with E-state index in [1.54, 1.807) is 6.08 Å². The van der Waals surface area contributed by atoms with Crippen LogP contribution in [0, 0.1) is 19.8 Å². The van der Waals surface area contributed by atoms with Gasteiger partial charge in [0.05, 0.1) is 6.04 Å². The van der Waals surface area contributed by atoms with Gasteiger partial charge in [-0.05, 0) is 55.2 Å². The first-order valence-electron chi connectivity index (χ1n) is 8.89. The van der Waals surface area contributed by atoms with Crippen molar-refractivity contribution in [3.8, 4) is 5.75 Å². The molecule has 0 radical (unpaired) electrons. The first-order valence-corrected chi connectivity index (χ1v) is 9.30. The van der Waals surface area contributed by atoms with Crippen LogP contribution >= 0.6 is 12.2 Å². The molecule has 0 unspecified atom stereocenters. The van der Waals surface area contributed by atoms with E-state index in [1.165, 1.54) is 16.7 Å². The topological polar surface area (TPSA) is 33.3 Å². The van der Waals surface area contributed by atoms with Crippen LogP contribution in [-0.4, -0.2) is 11.7 Å². The first kappa shape index (κ1) is 20.0. The molecule has 2 rings (SSSR count). The molecule has 0 saturated heterocycles. The van der Waals surface area contributed by atoms with Crippen LogP contribution in [0.25, 0.3) is 0 Å². The van der Waals surface area contributed by atoms with E-state index in [2.05, 4.69) is 63.1 Å². The molecule has 26 heavy (non-hydrogen) atoms.